The molecule has 0 aromatic rings. The molecule has 0 fully saturated rings. The molecular formula is C17H35N3O3Sn. The van der Waals surface area contributed by atoms with E-state index in [1.54, 1.807) is 30.5 Å². The monoisotopic (exact) mass is 449 g/mol. The van der Waals surface area contributed by atoms with Crippen molar-refractivity contribution in [3.63, 3.8) is 0 Å². The van der Waals surface area contributed by atoms with Crippen LogP contribution in [0.15, 0.2) is 0 Å². The van der Waals surface area contributed by atoms with Gasteiger partial charge in [0.15, 0.2) is 0 Å². The zero-order valence-electron chi connectivity index (χ0n) is 16.9. The van der Waals surface area contributed by atoms with E-state index in [2.05, 4.69) is 20.8 Å². The molecule has 0 aliphatic heterocycles. The molecule has 0 aliphatic carbocycles. The molecule has 0 N–H and O–H groups in total. The zero-order valence-corrected chi connectivity index (χ0v) is 19.7. The summed E-state index contributed by atoms with van der Waals surface area (Å²) >= 11 is -4.03. The minimum absolute atomic E-state index is 0.0124. The Labute approximate surface area is 152 Å². The van der Waals surface area contributed by atoms with Gasteiger partial charge in [0.25, 0.3) is 0 Å². The Hall–Kier alpha value is -0.791. The fourth-order valence-corrected chi connectivity index (χ4v) is 17.8. The van der Waals surface area contributed by atoms with Crippen LogP contribution in [0.4, 0.5) is 0 Å². The van der Waals surface area contributed by atoms with Crippen LogP contribution < -0.4 is 0 Å². The van der Waals surface area contributed by atoms with Crippen LogP contribution in [0, 0.1) is 5.41 Å². The maximum atomic E-state index is 12.6. The van der Waals surface area contributed by atoms with Gasteiger partial charge in [0.1, 0.15) is 0 Å². The number of carbonyl (C=O) groups excluding carboxylic acids is 3. The first-order chi connectivity index (χ1) is 10.9. The van der Waals surface area contributed by atoms with Gasteiger partial charge in [-0.15, -0.1) is 0 Å². The van der Waals surface area contributed by atoms with E-state index in [9.17, 15) is 14.4 Å². The molecule has 24 heavy (non-hydrogen) atoms. The van der Waals surface area contributed by atoms with E-state index in [-0.39, 0.29) is 23.1 Å². The summed E-state index contributed by atoms with van der Waals surface area (Å²) in [5.74, 6) is -0.0373. The van der Waals surface area contributed by atoms with Gasteiger partial charge in [-0.25, -0.2) is 0 Å². The Morgan fingerprint density at radius 3 is 1.12 bits per heavy atom. The summed E-state index contributed by atoms with van der Waals surface area (Å²) in [5, 5.41) is 0. The molecule has 0 spiro atoms. The molecule has 0 aromatic carbocycles. The summed E-state index contributed by atoms with van der Waals surface area (Å²) in [5.41, 5.74) is -0.108. The number of hydrogen-bond donors (Lipinski definition) is 0. The molecule has 0 bridgehead atoms. The Morgan fingerprint density at radius 1 is 0.708 bits per heavy atom. The predicted octanol–water partition coefficient (Wildman–Crippen LogP) is 2.58. The van der Waals surface area contributed by atoms with E-state index in [0.29, 0.717) is 23.7 Å². The van der Waals surface area contributed by atoms with Crippen LogP contribution in [0.25, 0.3) is 0 Å². The molecule has 0 aromatic heterocycles. The summed E-state index contributed by atoms with van der Waals surface area (Å²) < 4.78 is 5.97. The van der Waals surface area contributed by atoms with Gasteiger partial charge in [-0.1, -0.05) is 0 Å². The van der Waals surface area contributed by atoms with Crippen LogP contribution in [-0.2, 0) is 14.4 Å². The molecule has 0 aliphatic rings. The van der Waals surface area contributed by atoms with E-state index in [1.807, 2.05) is 20.8 Å². The first kappa shape index (κ1) is 23.2. The van der Waals surface area contributed by atoms with Crippen LogP contribution in [0.5, 0.6) is 0 Å². The molecule has 0 radical (unpaired) electrons. The second-order valence-corrected chi connectivity index (χ2v) is 18.6. The third-order valence-electron chi connectivity index (χ3n) is 4.41. The molecule has 0 atom stereocenters. The topological polar surface area (TPSA) is 60.9 Å². The molecule has 6 nitrogen and oxygen atoms in total. The number of amides is 3. The standard InChI is InChI=1S/C5H11.3C4H9NO.Sn/c1-5(2,3)4;3*1-3-4(6)5-2;/h1H2,2-4H3;3*3H2,1-2H3,(H,5,6);/q;;;;+3/p-3. The van der Waals surface area contributed by atoms with Crippen molar-refractivity contribution in [3.8, 4) is 0 Å². The average molecular weight is 448 g/mol. The molecule has 0 unspecified atom stereocenters. The second-order valence-electron chi connectivity index (χ2n) is 7.43. The van der Waals surface area contributed by atoms with Crippen LogP contribution >= 0.6 is 0 Å². The molecule has 0 heterocycles. The summed E-state index contributed by atoms with van der Waals surface area (Å²) in [7, 11) is 5.31. The van der Waals surface area contributed by atoms with E-state index >= 15 is 0 Å². The van der Waals surface area contributed by atoms with Gasteiger partial charge in [0.2, 0.25) is 0 Å². The summed E-state index contributed by atoms with van der Waals surface area (Å²) in [4.78, 5) is 37.7. The Kier molecular flexibility index (Phi) is 8.76. The first-order valence-corrected chi connectivity index (χ1v) is 14.5. The molecule has 7 heteroatoms. The van der Waals surface area contributed by atoms with Crippen molar-refractivity contribution in [3.05, 3.63) is 0 Å². The van der Waals surface area contributed by atoms with Gasteiger partial charge in [-0.3, -0.25) is 0 Å². The summed E-state index contributed by atoms with van der Waals surface area (Å²) in [6, 6.07) is 0. The van der Waals surface area contributed by atoms with Gasteiger partial charge in [0, 0.05) is 0 Å². The van der Waals surface area contributed by atoms with Gasteiger partial charge >= 0.3 is 152 Å². The number of nitrogens with zero attached hydrogens (tertiary/aromatic N) is 3. The van der Waals surface area contributed by atoms with Crippen molar-refractivity contribution >= 4 is 36.9 Å². The summed E-state index contributed by atoms with van der Waals surface area (Å²) in [6.07, 6.45) is 1.09. The molecular weight excluding hydrogens is 413 g/mol. The zero-order chi connectivity index (χ0) is 19.3. The Bertz CT molecular complexity index is 419. The molecule has 3 amide bonds. The SMILES string of the molecule is CCC(=O)[N](C)[Sn]([CH2]C(C)(C)C)([N](C)C(=O)CC)[N](C)C(=O)CC. The van der Waals surface area contributed by atoms with Crippen LogP contribution in [0.2, 0.25) is 4.44 Å². The van der Waals surface area contributed by atoms with Crippen molar-refractivity contribution in [1.29, 1.82) is 0 Å². The average Bonchev–Trinajstić information content (AvgIpc) is 2.54. The molecule has 0 saturated heterocycles. The van der Waals surface area contributed by atoms with Gasteiger partial charge in [0.05, 0.1) is 0 Å². The van der Waals surface area contributed by atoms with Crippen LogP contribution in [0.3, 0.4) is 0 Å². The minimum atomic E-state index is -4.03. The summed E-state index contributed by atoms with van der Waals surface area (Å²) in [6.45, 7) is 11.7. The number of carbonyl (C=O) groups is 3. The predicted molar refractivity (Wildman–Crippen MR) is 99.2 cm³/mol. The van der Waals surface area contributed by atoms with E-state index < -0.39 is 19.2 Å². The molecule has 0 saturated carbocycles. The normalized spacial score (nSPS) is 11.9. The third kappa shape index (κ3) is 5.10. The van der Waals surface area contributed by atoms with E-state index in [4.69, 9.17) is 0 Å². The third-order valence-corrected chi connectivity index (χ3v) is 20.1. The fourth-order valence-electron chi connectivity index (χ4n) is 3.05. The first-order valence-electron chi connectivity index (χ1n) is 8.68. The van der Waals surface area contributed by atoms with Crippen molar-refractivity contribution in [1.82, 2.24) is 9.36 Å². The number of rotatable bonds is 7. The van der Waals surface area contributed by atoms with Crippen molar-refractivity contribution in [2.45, 2.75) is 65.2 Å². The van der Waals surface area contributed by atoms with Crippen LogP contribution in [-0.4, -0.2) is 67.4 Å². The van der Waals surface area contributed by atoms with E-state index in [1.165, 1.54) is 0 Å². The van der Waals surface area contributed by atoms with Gasteiger partial charge in [-0.05, 0) is 0 Å². The van der Waals surface area contributed by atoms with Crippen molar-refractivity contribution < 1.29 is 14.4 Å². The van der Waals surface area contributed by atoms with Crippen molar-refractivity contribution in [2.75, 3.05) is 21.1 Å². The Morgan fingerprint density at radius 2 is 0.958 bits per heavy atom. The number of hydrogen-bond acceptors (Lipinski definition) is 3. The van der Waals surface area contributed by atoms with Crippen LogP contribution in [0.1, 0.15) is 60.8 Å². The Balaban J connectivity index is 6.45. The van der Waals surface area contributed by atoms with Gasteiger partial charge in [-0.2, -0.15) is 0 Å². The van der Waals surface area contributed by atoms with Gasteiger partial charge < -0.3 is 0 Å². The molecule has 0 rings (SSSR count). The maximum absolute atomic E-state index is 12.6. The molecule has 140 valence electrons. The quantitative estimate of drug-likeness (QED) is 0.563. The van der Waals surface area contributed by atoms with E-state index in [0.717, 1.165) is 0 Å². The second kappa shape index (κ2) is 9.06. The van der Waals surface area contributed by atoms with Crippen molar-refractivity contribution in [2.24, 2.45) is 5.41 Å². The fraction of sp³-hybridized carbons (Fsp3) is 0.824.